The minimum atomic E-state index is 0.632. The second kappa shape index (κ2) is 8.11. The van der Waals surface area contributed by atoms with E-state index in [-0.39, 0.29) is 0 Å². The molecule has 0 bridgehead atoms. The van der Waals surface area contributed by atoms with Crippen molar-refractivity contribution in [3.63, 3.8) is 0 Å². The zero-order chi connectivity index (χ0) is 16.8. The molecule has 4 nitrogen and oxygen atoms in total. The number of aryl methyl sites for hydroxylation is 2. The molecule has 0 amide bonds. The number of pyridine rings is 1. The van der Waals surface area contributed by atoms with Crippen molar-refractivity contribution >= 4 is 28.8 Å². The number of nitrogens with zero attached hydrogens (tertiary/aromatic N) is 2. The molecular weight excluding hydrogens is 316 g/mol. The molecule has 1 aliphatic heterocycles. The van der Waals surface area contributed by atoms with Gasteiger partial charge in [-0.15, -0.1) is 0 Å². The van der Waals surface area contributed by atoms with Crippen LogP contribution in [-0.4, -0.2) is 29.7 Å². The van der Waals surface area contributed by atoms with E-state index < -0.39 is 0 Å². The molecule has 0 atom stereocenters. The number of hydrogen-bond acceptors (Lipinski definition) is 3. The minimum absolute atomic E-state index is 0.632. The summed E-state index contributed by atoms with van der Waals surface area (Å²) in [6.07, 6.45) is 3.49. The molecule has 24 heavy (non-hydrogen) atoms. The van der Waals surface area contributed by atoms with Crippen molar-refractivity contribution in [2.75, 3.05) is 29.9 Å². The maximum Gasteiger partial charge on any atom is 0.171 e. The van der Waals surface area contributed by atoms with Crippen molar-refractivity contribution < 1.29 is 0 Å². The third-order valence-corrected chi connectivity index (χ3v) is 4.47. The molecule has 1 aliphatic rings. The van der Waals surface area contributed by atoms with Crippen LogP contribution in [0.2, 0.25) is 0 Å². The van der Waals surface area contributed by atoms with Crippen molar-refractivity contribution in [1.29, 1.82) is 0 Å². The number of para-hydroxylation sites is 1. The Labute approximate surface area is 149 Å². The Bertz CT molecular complexity index is 701. The zero-order valence-electron chi connectivity index (χ0n) is 14.1. The van der Waals surface area contributed by atoms with Crippen LogP contribution < -0.4 is 15.5 Å². The summed E-state index contributed by atoms with van der Waals surface area (Å²) in [7, 11) is 0. The molecule has 0 saturated heterocycles. The molecule has 0 radical (unpaired) electrons. The van der Waals surface area contributed by atoms with Crippen LogP contribution in [0.4, 0.5) is 11.5 Å². The van der Waals surface area contributed by atoms with Crippen LogP contribution in [-0.2, 0) is 6.42 Å². The molecule has 2 heterocycles. The number of nitrogens with one attached hydrogen (secondary N) is 2. The summed E-state index contributed by atoms with van der Waals surface area (Å²) in [4.78, 5) is 6.88. The molecule has 3 rings (SSSR count). The standard InChI is InChI=1S/C19H24N4S/c1-15-7-4-11-18(21-15)22-19(24)20-12-6-14-23-13-5-9-16-8-2-3-10-17(16)23/h2-4,7-8,10-11H,5-6,9,12-14H2,1H3,(H2,20,21,22,24). The summed E-state index contributed by atoms with van der Waals surface area (Å²) in [6.45, 7) is 5.02. The topological polar surface area (TPSA) is 40.2 Å². The monoisotopic (exact) mass is 340 g/mol. The fourth-order valence-electron chi connectivity index (χ4n) is 3.09. The number of hydrogen-bond donors (Lipinski definition) is 2. The van der Waals surface area contributed by atoms with Gasteiger partial charge in [0.1, 0.15) is 5.82 Å². The zero-order valence-corrected chi connectivity index (χ0v) is 14.9. The van der Waals surface area contributed by atoms with Gasteiger partial charge in [0, 0.05) is 31.0 Å². The quantitative estimate of drug-likeness (QED) is 0.644. The van der Waals surface area contributed by atoms with E-state index in [4.69, 9.17) is 12.2 Å². The Morgan fingerprint density at radius 3 is 2.96 bits per heavy atom. The number of rotatable bonds is 5. The van der Waals surface area contributed by atoms with Gasteiger partial charge in [0.15, 0.2) is 5.11 Å². The van der Waals surface area contributed by atoms with Gasteiger partial charge < -0.3 is 15.5 Å². The van der Waals surface area contributed by atoms with Gasteiger partial charge in [-0.3, -0.25) is 0 Å². The van der Waals surface area contributed by atoms with E-state index in [9.17, 15) is 0 Å². The molecular formula is C19H24N4S. The van der Waals surface area contributed by atoms with Gasteiger partial charge in [0.25, 0.3) is 0 Å². The highest BCUT2D eigenvalue weighted by Crippen LogP contribution is 2.26. The van der Waals surface area contributed by atoms with Crippen LogP contribution in [0.1, 0.15) is 24.1 Å². The van der Waals surface area contributed by atoms with Crippen LogP contribution in [0, 0.1) is 6.92 Å². The average Bonchev–Trinajstić information content (AvgIpc) is 2.59. The first-order valence-corrected chi connectivity index (χ1v) is 8.94. The summed E-state index contributed by atoms with van der Waals surface area (Å²) < 4.78 is 0. The van der Waals surface area contributed by atoms with Crippen molar-refractivity contribution in [3.05, 3.63) is 53.7 Å². The van der Waals surface area contributed by atoms with Crippen molar-refractivity contribution in [2.24, 2.45) is 0 Å². The lowest BCUT2D eigenvalue weighted by atomic mass is 10.0. The molecule has 1 aromatic heterocycles. The maximum absolute atomic E-state index is 5.34. The van der Waals surface area contributed by atoms with E-state index in [2.05, 4.69) is 44.8 Å². The number of thiocarbonyl (C=S) groups is 1. The second-order valence-electron chi connectivity index (χ2n) is 6.12. The molecule has 0 saturated carbocycles. The van der Waals surface area contributed by atoms with E-state index in [1.54, 1.807) is 0 Å². The molecule has 2 aromatic rings. The average molecular weight is 340 g/mol. The lowest BCUT2D eigenvalue weighted by Gasteiger charge is -2.31. The van der Waals surface area contributed by atoms with Crippen molar-refractivity contribution in [1.82, 2.24) is 10.3 Å². The van der Waals surface area contributed by atoms with Gasteiger partial charge in [-0.2, -0.15) is 0 Å². The molecule has 5 heteroatoms. The van der Waals surface area contributed by atoms with E-state index in [0.29, 0.717) is 5.11 Å². The molecule has 0 unspecified atom stereocenters. The fourth-order valence-corrected chi connectivity index (χ4v) is 3.30. The van der Waals surface area contributed by atoms with E-state index >= 15 is 0 Å². The third-order valence-electron chi connectivity index (χ3n) is 4.23. The van der Waals surface area contributed by atoms with E-state index in [1.807, 2.05) is 25.1 Å². The van der Waals surface area contributed by atoms with Crippen LogP contribution in [0.5, 0.6) is 0 Å². The van der Waals surface area contributed by atoms with Crippen molar-refractivity contribution in [3.8, 4) is 0 Å². The smallest absolute Gasteiger partial charge is 0.171 e. The normalized spacial score (nSPS) is 13.3. The SMILES string of the molecule is Cc1cccc(NC(=S)NCCCN2CCCc3ccccc32)n1. The first-order valence-electron chi connectivity index (χ1n) is 8.54. The summed E-state index contributed by atoms with van der Waals surface area (Å²) in [5.41, 5.74) is 3.85. The fraction of sp³-hybridized carbons (Fsp3) is 0.368. The van der Waals surface area contributed by atoms with Crippen LogP contribution in [0.3, 0.4) is 0 Å². The molecule has 0 aliphatic carbocycles. The van der Waals surface area contributed by atoms with Gasteiger partial charge in [0.2, 0.25) is 0 Å². The Hall–Kier alpha value is -2.14. The van der Waals surface area contributed by atoms with Crippen LogP contribution >= 0.6 is 12.2 Å². The van der Waals surface area contributed by atoms with Crippen molar-refractivity contribution in [2.45, 2.75) is 26.2 Å². The highest BCUT2D eigenvalue weighted by atomic mass is 32.1. The molecule has 0 spiro atoms. The molecule has 0 fully saturated rings. The molecule has 126 valence electrons. The number of aromatic nitrogens is 1. The Morgan fingerprint density at radius 2 is 2.08 bits per heavy atom. The summed E-state index contributed by atoms with van der Waals surface area (Å²) in [5.74, 6) is 0.789. The highest BCUT2D eigenvalue weighted by Gasteiger charge is 2.15. The first kappa shape index (κ1) is 16.7. The molecule has 2 N–H and O–H groups in total. The van der Waals surface area contributed by atoms with Gasteiger partial charge in [-0.25, -0.2) is 4.98 Å². The predicted octanol–water partition coefficient (Wildman–Crippen LogP) is 3.52. The number of benzene rings is 1. The molecule has 1 aromatic carbocycles. The lowest BCUT2D eigenvalue weighted by molar-refractivity contribution is 0.658. The lowest BCUT2D eigenvalue weighted by Crippen LogP contribution is -2.34. The largest absolute Gasteiger partial charge is 0.371 e. The Balaban J connectivity index is 1.42. The first-order chi connectivity index (χ1) is 11.7. The highest BCUT2D eigenvalue weighted by molar-refractivity contribution is 7.80. The summed E-state index contributed by atoms with van der Waals surface area (Å²) in [6, 6.07) is 14.6. The third kappa shape index (κ3) is 4.45. The van der Waals surface area contributed by atoms with Gasteiger partial charge in [-0.1, -0.05) is 24.3 Å². The van der Waals surface area contributed by atoms with Gasteiger partial charge in [0.05, 0.1) is 0 Å². The second-order valence-corrected chi connectivity index (χ2v) is 6.53. The van der Waals surface area contributed by atoms with E-state index in [1.165, 1.54) is 24.1 Å². The number of fused-ring (bicyclic) bond motifs is 1. The number of anilines is 2. The van der Waals surface area contributed by atoms with E-state index in [0.717, 1.165) is 37.6 Å². The minimum Gasteiger partial charge on any atom is -0.371 e. The predicted molar refractivity (Wildman–Crippen MR) is 105 cm³/mol. The van der Waals surface area contributed by atoms with Gasteiger partial charge >= 0.3 is 0 Å². The Morgan fingerprint density at radius 1 is 1.21 bits per heavy atom. The Kier molecular flexibility index (Phi) is 5.64. The summed E-state index contributed by atoms with van der Waals surface area (Å²) in [5, 5.41) is 7.03. The van der Waals surface area contributed by atoms with Crippen LogP contribution in [0.15, 0.2) is 42.5 Å². The van der Waals surface area contributed by atoms with Gasteiger partial charge in [-0.05, 0) is 62.2 Å². The van der Waals surface area contributed by atoms with Crippen LogP contribution in [0.25, 0.3) is 0 Å². The maximum atomic E-state index is 5.34. The summed E-state index contributed by atoms with van der Waals surface area (Å²) >= 11 is 5.34.